The SMILES string of the molecule is O=C(c1cc(Cl)c(Cl)[nH]1)N1C[C@H]2COCC[C@@]2(C(=O)O)C1. The zero-order valence-corrected chi connectivity index (χ0v) is 12.6. The van der Waals surface area contributed by atoms with Crippen LogP contribution in [-0.2, 0) is 9.53 Å². The molecule has 0 saturated carbocycles. The number of carboxylic acids is 1. The van der Waals surface area contributed by atoms with Crippen LogP contribution in [0.2, 0.25) is 10.2 Å². The van der Waals surface area contributed by atoms with Gasteiger partial charge in [0.1, 0.15) is 10.8 Å². The molecule has 114 valence electrons. The molecule has 2 saturated heterocycles. The van der Waals surface area contributed by atoms with Crippen LogP contribution in [0.3, 0.4) is 0 Å². The molecule has 6 nitrogen and oxygen atoms in total. The maximum absolute atomic E-state index is 12.5. The van der Waals surface area contributed by atoms with E-state index in [1.54, 1.807) is 0 Å². The van der Waals surface area contributed by atoms with Gasteiger partial charge in [0.25, 0.3) is 5.91 Å². The van der Waals surface area contributed by atoms with Crippen LogP contribution in [0.15, 0.2) is 6.07 Å². The van der Waals surface area contributed by atoms with Crippen molar-refractivity contribution in [3.05, 3.63) is 21.9 Å². The van der Waals surface area contributed by atoms with E-state index in [1.807, 2.05) is 0 Å². The third-order valence-electron chi connectivity index (χ3n) is 4.38. The van der Waals surface area contributed by atoms with Gasteiger partial charge in [-0.25, -0.2) is 0 Å². The van der Waals surface area contributed by atoms with Crippen molar-refractivity contribution in [3.63, 3.8) is 0 Å². The summed E-state index contributed by atoms with van der Waals surface area (Å²) in [5.41, 5.74) is -0.640. The molecule has 1 aromatic heterocycles. The molecule has 0 bridgehead atoms. The molecule has 2 aliphatic rings. The molecule has 2 atom stereocenters. The van der Waals surface area contributed by atoms with Crippen LogP contribution in [0.1, 0.15) is 16.9 Å². The van der Waals surface area contributed by atoms with Crippen LogP contribution in [0.4, 0.5) is 0 Å². The average Bonchev–Trinajstić information content (AvgIpc) is 3.00. The molecular weight excluding hydrogens is 319 g/mol. The molecule has 1 aromatic rings. The number of carbonyl (C=O) groups is 2. The lowest BCUT2D eigenvalue weighted by atomic mass is 9.74. The first-order valence-electron chi connectivity index (χ1n) is 6.58. The van der Waals surface area contributed by atoms with Crippen molar-refractivity contribution in [2.75, 3.05) is 26.3 Å². The average molecular weight is 333 g/mol. The van der Waals surface area contributed by atoms with Crippen LogP contribution in [0, 0.1) is 11.3 Å². The second kappa shape index (κ2) is 5.19. The summed E-state index contributed by atoms with van der Waals surface area (Å²) >= 11 is 11.6. The number of hydrogen-bond acceptors (Lipinski definition) is 3. The Bertz CT molecular complexity index is 583. The summed E-state index contributed by atoms with van der Waals surface area (Å²) in [5, 5.41) is 10.0. The minimum Gasteiger partial charge on any atom is -0.481 e. The Morgan fingerprint density at radius 3 is 2.81 bits per heavy atom. The zero-order chi connectivity index (χ0) is 15.2. The third-order valence-corrected chi connectivity index (χ3v) is 5.07. The number of ether oxygens (including phenoxy) is 1. The lowest BCUT2D eigenvalue weighted by Gasteiger charge is -2.33. The smallest absolute Gasteiger partial charge is 0.311 e. The number of aromatic nitrogens is 1. The van der Waals surface area contributed by atoms with Gasteiger partial charge in [-0.15, -0.1) is 0 Å². The fourth-order valence-electron chi connectivity index (χ4n) is 3.14. The van der Waals surface area contributed by atoms with E-state index in [0.717, 1.165) is 0 Å². The third kappa shape index (κ3) is 2.31. The molecule has 3 heterocycles. The highest BCUT2D eigenvalue weighted by atomic mass is 35.5. The van der Waals surface area contributed by atoms with Crippen LogP contribution in [-0.4, -0.2) is 53.2 Å². The standard InChI is InChI=1S/C13H14Cl2N2O4/c14-8-3-9(16-10(8)15)11(18)17-4-7-5-21-2-1-13(7,6-17)12(19)20/h3,7,16H,1-2,4-6H2,(H,19,20)/t7-,13+/m0/s1. The summed E-state index contributed by atoms with van der Waals surface area (Å²) in [5.74, 6) is -1.35. The van der Waals surface area contributed by atoms with Gasteiger partial charge in [-0.3, -0.25) is 9.59 Å². The van der Waals surface area contributed by atoms with E-state index in [0.29, 0.717) is 26.2 Å². The normalized spacial score (nSPS) is 28.5. The maximum Gasteiger partial charge on any atom is 0.311 e. The number of carbonyl (C=O) groups excluding carboxylic acids is 1. The molecule has 0 unspecified atom stereocenters. The fraction of sp³-hybridized carbons (Fsp3) is 0.538. The number of aromatic amines is 1. The van der Waals surface area contributed by atoms with Crippen molar-refractivity contribution in [2.24, 2.45) is 11.3 Å². The molecule has 1 amide bonds. The Morgan fingerprint density at radius 2 is 2.24 bits per heavy atom. The van der Waals surface area contributed by atoms with Gasteiger partial charge in [0, 0.05) is 25.6 Å². The monoisotopic (exact) mass is 332 g/mol. The number of aliphatic carboxylic acids is 1. The quantitative estimate of drug-likeness (QED) is 0.866. The molecule has 3 rings (SSSR count). The number of amides is 1. The van der Waals surface area contributed by atoms with E-state index in [1.165, 1.54) is 11.0 Å². The Hall–Kier alpha value is -1.24. The second-order valence-corrected chi connectivity index (χ2v) is 6.30. The molecule has 0 spiro atoms. The van der Waals surface area contributed by atoms with Gasteiger partial charge in [0.05, 0.1) is 17.0 Å². The Balaban J connectivity index is 1.85. The van der Waals surface area contributed by atoms with Crippen LogP contribution in [0.25, 0.3) is 0 Å². The molecule has 0 radical (unpaired) electrons. The predicted molar refractivity (Wildman–Crippen MR) is 75.7 cm³/mol. The van der Waals surface area contributed by atoms with Gasteiger partial charge < -0.3 is 19.7 Å². The van der Waals surface area contributed by atoms with E-state index in [-0.39, 0.29) is 34.2 Å². The van der Waals surface area contributed by atoms with Crippen molar-refractivity contribution < 1.29 is 19.4 Å². The zero-order valence-electron chi connectivity index (χ0n) is 11.1. The minimum atomic E-state index is -0.909. The van der Waals surface area contributed by atoms with Gasteiger partial charge in [-0.05, 0) is 12.5 Å². The summed E-state index contributed by atoms with van der Waals surface area (Å²) in [6.45, 7) is 1.32. The van der Waals surface area contributed by atoms with E-state index in [9.17, 15) is 14.7 Å². The largest absolute Gasteiger partial charge is 0.481 e. The number of nitrogens with zero attached hydrogens (tertiary/aromatic N) is 1. The van der Waals surface area contributed by atoms with Gasteiger partial charge in [0.2, 0.25) is 0 Å². The molecule has 0 aromatic carbocycles. The van der Waals surface area contributed by atoms with E-state index >= 15 is 0 Å². The molecule has 2 aliphatic heterocycles. The van der Waals surface area contributed by atoms with E-state index in [4.69, 9.17) is 27.9 Å². The van der Waals surface area contributed by atoms with Gasteiger partial charge in [-0.1, -0.05) is 23.2 Å². The number of hydrogen-bond donors (Lipinski definition) is 2. The highest BCUT2D eigenvalue weighted by molar-refractivity contribution is 6.41. The summed E-state index contributed by atoms with van der Waals surface area (Å²) in [6, 6.07) is 1.46. The number of H-pyrrole nitrogens is 1. The van der Waals surface area contributed by atoms with Crippen molar-refractivity contribution in [1.29, 1.82) is 0 Å². The van der Waals surface area contributed by atoms with Gasteiger partial charge in [0.15, 0.2) is 0 Å². The second-order valence-electron chi connectivity index (χ2n) is 5.51. The maximum atomic E-state index is 12.5. The molecule has 0 aliphatic carbocycles. The first kappa shape index (κ1) is 14.7. The lowest BCUT2D eigenvalue weighted by Crippen LogP contribution is -2.45. The number of carboxylic acid groups (broad SMARTS) is 1. The summed E-state index contributed by atoms with van der Waals surface area (Å²) in [6.07, 6.45) is 0.420. The number of fused-ring (bicyclic) bond motifs is 1. The molecule has 8 heteroatoms. The van der Waals surface area contributed by atoms with Crippen molar-refractivity contribution >= 4 is 35.1 Å². The summed E-state index contributed by atoms with van der Waals surface area (Å²) in [4.78, 5) is 28.4. The molecule has 2 fully saturated rings. The minimum absolute atomic E-state index is 0.184. The van der Waals surface area contributed by atoms with Gasteiger partial charge >= 0.3 is 5.97 Å². The summed E-state index contributed by atoms with van der Waals surface area (Å²) in [7, 11) is 0. The molecular formula is C13H14Cl2N2O4. The van der Waals surface area contributed by atoms with Crippen molar-refractivity contribution in [1.82, 2.24) is 9.88 Å². The number of likely N-dealkylation sites (tertiary alicyclic amines) is 1. The Kier molecular flexibility index (Phi) is 3.63. The lowest BCUT2D eigenvalue weighted by molar-refractivity contribution is -0.157. The first-order valence-corrected chi connectivity index (χ1v) is 7.34. The van der Waals surface area contributed by atoms with Crippen LogP contribution in [0.5, 0.6) is 0 Å². The van der Waals surface area contributed by atoms with Crippen LogP contribution < -0.4 is 0 Å². The van der Waals surface area contributed by atoms with E-state index < -0.39 is 11.4 Å². The number of rotatable bonds is 2. The molecule has 2 N–H and O–H groups in total. The highest BCUT2D eigenvalue weighted by Gasteiger charge is 2.55. The Morgan fingerprint density at radius 1 is 1.48 bits per heavy atom. The highest BCUT2D eigenvalue weighted by Crippen LogP contribution is 2.43. The topological polar surface area (TPSA) is 82.6 Å². The number of halogens is 2. The van der Waals surface area contributed by atoms with E-state index in [2.05, 4.69) is 4.98 Å². The fourth-order valence-corrected chi connectivity index (χ4v) is 3.46. The molecule has 21 heavy (non-hydrogen) atoms. The Labute approximate surface area is 131 Å². The van der Waals surface area contributed by atoms with Gasteiger partial charge in [-0.2, -0.15) is 0 Å². The predicted octanol–water partition coefficient (Wildman–Crippen LogP) is 1.88. The summed E-state index contributed by atoms with van der Waals surface area (Å²) < 4.78 is 5.36. The van der Waals surface area contributed by atoms with Crippen molar-refractivity contribution in [3.8, 4) is 0 Å². The van der Waals surface area contributed by atoms with Crippen LogP contribution >= 0.6 is 23.2 Å². The van der Waals surface area contributed by atoms with Crippen molar-refractivity contribution in [2.45, 2.75) is 6.42 Å². The number of nitrogens with one attached hydrogen (secondary N) is 1. The first-order chi connectivity index (χ1) is 9.94.